The number of hydrogen-bond donors (Lipinski definition) is 1. The zero-order valence-corrected chi connectivity index (χ0v) is 23.4. The molecule has 0 aliphatic heterocycles. The van der Waals surface area contributed by atoms with Gasteiger partial charge in [0, 0.05) is 25.6 Å². The summed E-state index contributed by atoms with van der Waals surface area (Å²) in [5.74, 6) is -0.252. The van der Waals surface area contributed by atoms with Crippen LogP contribution < -0.4 is 9.62 Å². The SMILES string of the molecule is CC[C@@H](C(=O)NC1CCCC1)N(Cc1ccccc1)C(=O)CCCN(c1cc(C)cc(C)c1)S(C)(=O)=O. The van der Waals surface area contributed by atoms with E-state index in [-0.39, 0.29) is 30.8 Å². The van der Waals surface area contributed by atoms with Crippen LogP contribution in [0.1, 0.15) is 68.6 Å². The van der Waals surface area contributed by atoms with Gasteiger partial charge in [-0.3, -0.25) is 13.9 Å². The maximum absolute atomic E-state index is 13.5. The molecule has 202 valence electrons. The van der Waals surface area contributed by atoms with E-state index in [9.17, 15) is 18.0 Å². The number of carbonyl (C=O) groups is 2. The Balaban J connectivity index is 1.75. The van der Waals surface area contributed by atoms with Crippen molar-refractivity contribution in [2.45, 2.75) is 84.3 Å². The fourth-order valence-electron chi connectivity index (χ4n) is 5.17. The lowest BCUT2D eigenvalue weighted by Crippen LogP contribution is -2.51. The maximum atomic E-state index is 13.5. The summed E-state index contributed by atoms with van der Waals surface area (Å²) in [6, 6.07) is 15.0. The van der Waals surface area contributed by atoms with Crippen molar-refractivity contribution in [3.63, 3.8) is 0 Å². The Kier molecular flexibility index (Phi) is 10.1. The van der Waals surface area contributed by atoms with Gasteiger partial charge < -0.3 is 10.2 Å². The smallest absolute Gasteiger partial charge is 0.243 e. The predicted octanol–water partition coefficient (Wildman–Crippen LogP) is 4.72. The van der Waals surface area contributed by atoms with Crippen LogP contribution in [0, 0.1) is 13.8 Å². The maximum Gasteiger partial charge on any atom is 0.243 e. The van der Waals surface area contributed by atoms with E-state index in [1.54, 1.807) is 4.90 Å². The highest BCUT2D eigenvalue weighted by Crippen LogP contribution is 2.23. The number of benzene rings is 2. The summed E-state index contributed by atoms with van der Waals surface area (Å²) < 4.78 is 26.5. The first kappa shape index (κ1) is 28.7. The van der Waals surface area contributed by atoms with Crippen molar-refractivity contribution < 1.29 is 18.0 Å². The van der Waals surface area contributed by atoms with E-state index in [1.807, 2.05) is 69.3 Å². The fraction of sp³-hybridized carbons (Fsp3) is 0.517. The molecule has 2 aromatic carbocycles. The van der Waals surface area contributed by atoms with E-state index in [1.165, 1.54) is 10.6 Å². The second kappa shape index (κ2) is 13.1. The zero-order valence-electron chi connectivity index (χ0n) is 22.6. The molecule has 1 aliphatic rings. The van der Waals surface area contributed by atoms with Gasteiger partial charge in [-0.1, -0.05) is 56.2 Å². The minimum absolute atomic E-state index is 0.105. The van der Waals surface area contributed by atoms with Crippen molar-refractivity contribution in [2.75, 3.05) is 17.1 Å². The van der Waals surface area contributed by atoms with E-state index in [2.05, 4.69) is 5.32 Å². The molecule has 1 atom stereocenters. The topological polar surface area (TPSA) is 86.8 Å². The molecule has 1 N–H and O–H groups in total. The average Bonchev–Trinajstić information content (AvgIpc) is 3.33. The molecule has 2 amide bonds. The van der Waals surface area contributed by atoms with Crippen LogP contribution in [0.2, 0.25) is 0 Å². The van der Waals surface area contributed by atoms with Crippen LogP contribution in [-0.4, -0.2) is 50.0 Å². The van der Waals surface area contributed by atoms with Crippen LogP contribution in [0.15, 0.2) is 48.5 Å². The van der Waals surface area contributed by atoms with Crippen LogP contribution in [0.5, 0.6) is 0 Å². The van der Waals surface area contributed by atoms with Crippen molar-refractivity contribution in [3.05, 3.63) is 65.2 Å². The van der Waals surface area contributed by atoms with Crippen LogP contribution >= 0.6 is 0 Å². The quantitative estimate of drug-likeness (QED) is 0.433. The minimum atomic E-state index is -3.52. The number of hydrogen-bond acceptors (Lipinski definition) is 4. The van der Waals surface area contributed by atoms with Gasteiger partial charge in [-0.05, 0) is 68.4 Å². The summed E-state index contributed by atoms with van der Waals surface area (Å²) in [4.78, 5) is 28.4. The highest BCUT2D eigenvalue weighted by molar-refractivity contribution is 7.92. The summed E-state index contributed by atoms with van der Waals surface area (Å²) in [5, 5.41) is 3.16. The molecule has 0 saturated heterocycles. The number of nitrogens with one attached hydrogen (secondary N) is 1. The third-order valence-electron chi connectivity index (χ3n) is 6.93. The molecule has 37 heavy (non-hydrogen) atoms. The van der Waals surface area contributed by atoms with Gasteiger partial charge in [0.25, 0.3) is 0 Å². The molecule has 0 heterocycles. The minimum Gasteiger partial charge on any atom is -0.352 e. The molecule has 0 spiro atoms. The van der Waals surface area contributed by atoms with E-state index >= 15 is 0 Å². The number of carbonyl (C=O) groups excluding carboxylic acids is 2. The van der Waals surface area contributed by atoms with E-state index < -0.39 is 16.1 Å². The largest absolute Gasteiger partial charge is 0.352 e. The highest BCUT2D eigenvalue weighted by Gasteiger charge is 2.30. The van der Waals surface area contributed by atoms with Gasteiger partial charge in [0.1, 0.15) is 6.04 Å². The average molecular weight is 528 g/mol. The molecule has 0 aromatic heterocycles. The van der Waals surface area contributed by atoms with Crippen molar-refractivity contribution in [3.8, 4) is 0 Å². The van der Waals surface area contributed by atoms with Crippen LogP contribution in [0.3, 0.4) is 0 Å². The second-order valence-electron chi connectivity index (χ2n) is 10.2. The number of rotatable bonds is 12. The first-order valence-electron chi connectivity index (χ1n) is 13.3. The van der Waals surface area contributed by atoms with Crippen LogP contribution in [0.4, 0.5) is 5.69 Å². The molecule has 1 saturated carbocycles. The standard InChI is InChI=1S/C29H41N3O4S/c1-5-27(29(34)30-25-14-9-10-15-25)31(21-24-12-7-6-8-13-24)28(33)16-11-17-32(37(4,35)36)26-19-22(2)18-23(3)20-26/h6-8,12-13,18-20,25,27H,5,9-11,14-17,21H2,1-4H3,(H,30,34)/t27-/m0/s1. The lowest BCUT2D eigenvalue weighted by atomic mass is 10.1. The molecular formula is C29H41N3O4S. The van der Waals surface area contributed by atoms with Gasteiger partial charge in [0.05, 0.1) is 11.9 Å². The Morgan fingerprint density at radius 3 is 2.22 bits per heavy atom. The third kappa shape index (κ3) is 8.32. The normalized spacial score (nSPS) is 14.8. The zero-order chi connectivity index (χ0) is 27.0. The molecular weight excluding hydrogens is 486 g/mol. The number of nitrogens with zero attached hydrogens (tertiary/aromatic N) is 2. The fourth-order valence-corrected chi connectivity index (χ4v) is 6.11. The molecule has 3 rings (SSSR count). The summed E-state index contributed by atoms with van der Waals surface area (Å²) in [7, 11) is -3.52. The second-order valence-corrected chi connectivity index (χ2v) is 12.1. The number of sulfonamides is 1. The van der Waals surface area contributed by atoms with E-state index in [4.69, 9.17) is 0 Å². The number of anilines is 1. The molecule has 0 bridgehead atoms. The van der Waals surface area contributed by atoms with Crippen LogP contribution in [-0.2, 0) is 26.2 Å². The molecule has 7 nitrogen and oxygen atoms in total. The lowest BCUT2D eigenvalue weighted by Gasteiger charge is -2.32. The number of aryl methyl sites for hydroxylation is 2. The van der Waals surface area contributed by atoms with Gasteiger partial charge in [-0.25, -0.2) is 8.42 Å². The van der Waals surface area contributed by atoms with Crippen LogP contribution in [0.25, 0.3) is 0 Å². The van der Waals surface area contributed by atoms with Gasteiger partial charge in [-0.15, -0.1) is 0 Å². The highest BCUT2D eigenvalue weighted by atomic mass is 32.2. The Bertz CT molecular complexity index is 1140. The number of amides is 2. The van der Waals surface area contributed by atoms with Crippen molar-refractivity contribution >= 4 is 27.5 Å². The monoisotopic (exact) mass is 527 g/mol. The Labute approximate surface area is 222 Å². The summed E-state index contributed by atoms with van der Waals surface area (Å²) in [5.41, 5.74) is 3.52. The summed E-state index contributed by atoms with van der Waals surface area (Å²) >= 11 is 0. The van der Waals surface area contributed by atoms with Gasteiger partial charge in [0.2, 0.25) is 21.8 Å². The summed E-state index contributed by atoms with van der Waals surface area (Å²) in [6.45, 7) is 6.32. The van der Waals surface area contributed by atoms with Gasteiger partial charge in [-0.2, -0.15) is 0 Å². The molecule has 8 heteroatoms. The van der Waals surface area contributed by atoms with Gasteiger partial charge >= 0.3 is 0 Å². The first-order valence-corrected chi connectivity index (χ1v) is 15.1. The Hall–Kier alpha value is -2.87. The van der Waals surface area contributed by atoms with E-state index in [0.717, 1.165) is 42.4 Å². The Morgan fingerprint density at radius 1 is 1.03 bits per heavy atom. The van der Waals surface area contributed by atoms with E-state index in [0.29, 0.717) is 25.1 Å². The molecule has 0 unspecified atom stereocenters. The first-order chi connectivity index (χ1) is 17.6. The van der Waals surface area contributed by atoms with Crippen molar-refractivity contribution in [1.29, 1.82) is 0 Å². The predicted molar refractivity (Wildman–Crippen MR) is 149 cm³/mol. The lowest BCUT2D eigenvalue weighted by molar-refractivity contribution is -0.141. The molecule has 1 aliphatic carbocycles. The molecule has 2 aromatic rings. The third-order valence-corrected chi connectivity index (χ3v) is 8.12. The molecule has 0 radical (unpaired) electrons. The Morgan fingerprint density at radius 2 is 1.65 bits per heavy atom. The van der Waals surface area contributed by atoms with Crippen molar-refractivity contribution in [2.24, 2.45) is 0 Å². The summed E-state index contributed by atoms with van der Waals surface area (Å²) in [6.07, 6.45) is 6.39. The van der Waals surface area contributed by atoms with Gasteiger partial charge in [0.15, 0.2) is 0 Å². The molecule has 1 fully saturated rings. The van der Waals surface area contributed by atoms with Crippen molar-refractivity contribution in [1.82, 2.24) is 10.2 Å².